The number of amides is 1. The second-order valence-corrected chi connectivity index (χ2v) is 7.36. The van der Waals surface area contributed by atoms with Crippen molar-refractivity contribution < 1.29 is 13.9 Å². The van der Waals surface area contributed by atoms with Crippen LogP contribution in [-0.2, 0) is 4.79 Å². The van der Waals surface area contributed by atoms with Crippen molar-refractivity contribution in [1.82, 2.24) is 14.9 Å². The molecule has 1 saturated heterocycles. The molecule has 1 amide bonds. The van der Waals surface area contributed by atoms with Gasteiger partial charge in [-0.2, -0.15) is 0 Å². The zero-order valence-corrected chi connectivity index (χ0v) is 16.5. The van der Waals surface area contributed by atoms with Gasteiger partial charge in [0, 0.05) is 48.2 Å². The standard InChI is InChI=1S/C23H23FN4O2/c24-19-5-7-20(8-6-19)30-15-23(29)28-11-1-2-18(14-28)21-9-3-16(12-26-21)17-4-10-22(25)27-13-17/h3-10,12-13,18H,1-2,11,14-15H2,(H2,25,27)/t18-/m0/s1. The van der Waals surface area contributed by atoms with E-state index in [1.807, 2.05) is 29.3 Å². The minimum absolute atomic E-state index is 0.0607. The van der Waals surface area contributed by atoms with E-state index in [0.717, 1.165) is 29.7 Å². The molecule has 4 rings (SSSR count). The Hall–Kier alpha value is -3.48. The van der Waals surface area contributed by atoms with Crippen LogP contribution in [0.2, 0.25) is 0 Å². The van der Waals surface area contributed by atoms with Gasteiger partial charge in [0.05, 0.1) is 0 Å². The number of halogens is 1. The van der Waals surface area contributed by atoms with Gasteiger partial charge in [-0.15, -0.1) is 0 Å². The van der Waals surface area contributed by atoms with Gasteiger partial charge in [-0.1, -0.05) is 6.07 Å². The molecule has 0 radical (unpaired) electrons. The predicted octanol–water partition coefficient (Wildman–Crippen LogP) is 3.65. The van der Waals surface area contributed by atoms with Gasteiger partial charge in [0.1, 0.15) is 17.4 Å². The van der Waals surface area contributed by atoms with E-state index in [0.29, 0.717) is 24.7 Å². The number of benzene rings is 1. The molecule has 154 valence electrons. The Kier molecular flexibility index (Phi) is 5.88. The Balaban J connectivity index is 1.36. The summed E-state index contributed by atoms with van der Waals surface area (Å²) in [6.07, 6.45) is 5.46. The van der Waals surface area contributed by atoms with Crippen molar-refractivity contribution in [2.24, 2.45) is 0 Å². The fourth-order valence-electron chi connectivity index (χ4n) is 3.61. The molecule has 3 aromatic rings. The molecule has 0 spiro atoms. The number of pyridine rings is 2. The molecule has 1 aromatic carbocycles. The maximum Gasteiger partial charge on any atom is 0.260 e. The summed E-state index contributed by atoms with van der Waals surface area (Å²) in [6, 6.07) is 13.4. The van der Waals surface area contributed by atoms with E-state index >= 15 is 0 Å². The number of aromatic nitrogens is 2. The molecule has 0 aliphatic carbocycles. The van der Waals surface area contributed by atoms with Crippen molar-refractivity contribution in [3.8, 4) is 16.9 Å². The molecular weight excluding hydrogens is 383 g/mol. The summed E-state index contributed by atoms with van der Waals surface area (Å²) >= 11 is 0. The quantitative estimate of drug-likeness (QED) is 0.700. The molecule has 1 atom stereocenters. The van der Waals surface area contributed by atoms with Gasteiger partial charge >= 0.3 is 0 Å². The van der Waals surface area contributed by atoms with Crippen molar-refractivity contribution in [2.45, 2.75) is 18.8 Å². The number of carbonyl (C=O) groups is 1. The summed E-state index contributed by atoms with van der Waals surface area (Å²) < 4.78 is 18.5. The molecule has 2 N–H and O–H groups in total. The number of nitrogens with zero attached hydrogens (tertiary/aromatic N) is 3. The van der Waals surface area contributed by atoms with E-state index in [4.69, 9.17) is 10.5 Å². The smallest absolute Gasteiger partial charge is 0.260 e. The van der Waals surface area contributed by atoms with Crippen LogP contribution in [-0.4, -0.2) is 40.5 Å². The van der Waals surface area contributed by atoms with Crippen LogP contribution in [0.3, 0.4) is 0 Å². The van der Waals surface area contributed by atoms with Crippen LogP contribution >= 0.6 is 0 Å². The molecule has 6 nitrogen and oxygen atoms in total. The zero-order chi connectivity index (χ0) is 20.9. The van der Waals surface area contributed by atoms with Gasteiger partial charge < -0.3 is 15.4 Å². The van der Waals surface area contributed by atoms with E-state index < -0.39 is 0 Å². The first kappa shape index (κ1) is 19.8. The number of anilines is 1. The number of nitrogen functional groups attached to an aromatic ring is 1. The second kappa shape index (κ2) is 8.90. The van der Waals surface area contributed by atoms with Crippen LogP contribution in [0.25, 0.3) is 11.1 Å². The SMILES string of the molecule is Nc1ccc(-c2ccc([C@H]3CCCN(C(=O)COc4ccc(F)cc4)C3)nc2)cn1. The van der Waals surface area contributed by atoms with Crippen LogP contribution in [0.5, 0.6) is 5.75 Å². The fourth-order valence-corrected chi connectivity index (χ4v) is 3.61. The van der Waals surface area contributed by atoms with Gasteiger partial charge in [0.15, 0.2) is 6.61 Å². The number of rotatable bonds is 5. The normalized spacial score (nSPS) is 16.3. The number of ether oxygens (including phenoxy) is 1. The van der Waals surface area contributed by atoms with Crippen molar-refractivity contribution >= 4 is 11.7 Å². The molecule has 30 heavy (non-hydrogen) atoms. The Labute approximate surface area is 174 Å². The molecule has 1 aliphatic heterocycles. The molecule has 0 unspecified atom stereocenters. The topological polar surface area (TPSA) is 81.3 Å². The highest BCUT2D eigenvalue weighted by Gasteiger charge is 2.25. The molecule has 3 heterocycles. The maximum absolute atomic E-state index is 13.0. The number of carbonyl (C=O) groups excluding carboxylic acids is 1. The molecular formula is C23H23FN4O2. The summed E-state index contributed by atoms with van der Waals surface area (Å²) in [6.45, 7) is 1.26. The first-order valence-corrected chi connectivity index (χ1v) is 9.92. The van der Waals surface area contributed by atoms with Crippen molar-refractivity contribution in [3.05, 3.63) is 72.4 Å². The number of hydrogen-bond acceptors (Lipinski definition) is 5. The third-order valence-electron chi connectivity index (χ3n) is 5.27. The molecule has 0 bridgehead atoms. The number of hydrogen-bond donors (Lipinski definition) is 1. The fraction of sp³-hybridized carbons (Fsp3) is 0.261. The lowest BCUT2D eigenvalue weighted by Crippen LogP contribution is -2.41. The van der Waals surface area contributed by atoms with Crippen molar-refractivity contribution in [1.29, 1.82) is 0 Å². The van der Waals surface area contributed by atoms with E-state index in [1.165, 1.54) is 24.3 Å². The zero-order valence-electron chi connectivity index (χ0n) is 16.5. The highest BCUT2D eigenvalue weighted by molar-refractivity contribution is 5.78. The summed E-state index contributed by atoms with van der Waals surface area (Å²) in [7, 11) is 0. The minimum atomic E-state index is -0.335. The summed E-state index contributed by atoms with van der Waals surface area (Å²) in [5, 5.41) is 0. The van der Waals surface area contributed by atoms with Crippen LogP contribution in [0.15, 0.2) is 60.9 Å². The van der Waals surface area contributed by atoms with Gasteiger partial charge in [-0.3, -0.25) is 9.78 Å². The second-order valence-electron chi connectivity index (χ2n) is 7.36. The van der Waals surface area contributed by atoms with E-state index in [9.17, 15) is 9.18 Å². The molecule has 0 saturated carbocycles. The van der Waals surface area contributed by atoms with Crippen LogP contribution in [0.4, 0.5) is 10.2 Å². The average Bonchev–Trinajstić information content (AvgIpc) is 2.79. The maximum atomic E-state index is 13.0. The first-order valence-electron chi connectivity index (χ1n) is 9.92. The number of piperidine rings is 1. The Morgan fingerprint density at radius 2 is 1.80 bits per heavy atom. The number of likely N-dealkylation sites (tertiary alicyclic amines) is 1. The van der Waals surface area contributed by atoms with Gasteiger partial charge in [0.2, 0.25) is 0 Å². The third kappa shape index (κ3) is 4.74. The molecule has 1 fully saturated rings. The molecule has 1 aliphatic rings. The number of nitrogens with two attached hydrogens (primary N) is 1. The molecule has 2 aromatic heterocycles. The van der Waals surface area contributed by atoms with Crippen LogP contribution < -0.4 is 10.5 Å². The Bertz CT molecular complexity index is 991. The lowest BCUT2D eigenvalue weighted by Gasteiger charge is -2.32. The Morgan fingerprint density at radius 3 is 2.47 bits per heavy atom. The first-order chi connectivity index (χ1) is 14.6. The highest BCUT2D eigenvalue weighted by Crippen LogP contribution is 2.27. The van der Waals surface area contributed by atoms with Crippen LogP contribution in [0, 0.1) is 5.82 Å². The van der Waals surface area contributed by atoms with Gasteiger partial charge in [-0.25, -0.2) is 9.37 Å². The van der Waals surface area contributed by atoms with Crippen LogP contribution in [0.1, 0.15) is 24.5 Å². The average molecular weight is 406 g/mol. The van der Waals surface area contributed by atoms with Gasteiger partial charge in [0.25, 0.3) is 5.91 Å². The lowest BCUT2D eigenvalue weighted by atomic mass is 9.93. The highest BCUT2D eigenvalue weighted by atomic mass is 19.1. The Morgan fingerprint density at radius 1 is 1.07 bits per heavy atom. The van der Waals surface area contributed by atoms with Gasteiger partial charge in [-0.05, 0) is 55.3 Å². The largest absolute Gasteiger partial charge is 0.484 e. The summed E-state index contributed by atoms with van der Waals surface area (Å²) in [4.78, 5) is 23.1. The monoisotopic (exact) mass is 406 g/mol. The van der Waals surface area contributed by atoms with Crippen molar-refractivity contribution in [2.75, 3.05) is 25.4 Å². The molecule has 7 heteroatoms. The van der Waals surface area contributed by atoms with Crippen molar-refractivity contribution in [3.63, 3.8) is 0 Å². The van der Waals surface area contributed by atoms with E-state index in [1.54, 1.807) is 12.3 Å². The predicted molar refractivity (Wildman–Crippen MR) is 112 cm³/mol. The lowest BCUT2D eigenvalue weighted by molar-refractivity contribution is -0.134. The van der Waals surface area contributed by atoms with E-state index in [-0.39, 0.29) is 24.2 Å². The summed E-state index contributed by atoms with van der Waals surface area (Å²) in [5.41, 5.74) is 8.55. The van der Waals surface area contributed by atoms with E-state index in [2.05, 4.69) is 9.97 Å². The minimum Gasteiger partial charge on any atom is -0.484 e. The summed E-state index contributed by atoms with van der Waals surface area (Å²) in [5.74, 6) is 0.742. The third-order valence-corrected chi connectivity index (χ3v) is 5.27.